The number of sulfonamides is 1. The quantitative estimate of drug-likeness (QED) is 0.648. The van der Waals surface area contributed by atoms with Gasteiger partial charge in [-0.05, 0) is 61.7 Å². The van der Waals surface area contributed by atoms with E-state index in [4.69, 9.17) is 0 Å². The number of thiazole rings is 1. The Morgan fingerprint density at radius 2 is 2.00 bits per heavy atom. The molecule has 0 aliphatic carbocycles. The Labute approximate surface area is 174 Å². The number of hydrogen-bond acceptors (Lipinski definition) is 5. The highest BCUT2D eigenvalue weighted by molar-refractivity contribution is 7.89. The second kappa shape index (κ2) is 8.22. The standard InChI is InChI=1S/C21H23N3O3S2/c1-2-17-5-3-4-12-24(17)29(26,27)18-9-6-15(7-10-18)21(25)23-16-8-11-20-19(13-16)22-14-28-20/h6-11,13-14,17H,2-5,12H2,1H3,(H,23,25). The van der Waals surface area contributed by atoms with Crippen LogP contribution in [0.2, 0.25) is 0 Å². The van der Waals surface area contributed by atoms with E-state index < -0.39 is 10.0 Å². The van der Waals surface area contributed by atoms with Crippen molar-refractivity contribution in [1.29, 1.82) is 0 Å². The van der Waals surface area contributed by atoms with Crippen LogP contribution in [0.3, 0.4) is 0 Å². The minimum Gasteiger partial charge on any atom is -0.322 e. The Morgan fingerprint density at radius 3 is 2.76 bits per heavy atom. The minimum absolute atomic E-state index is 0.0531. The van der Waals surface area contributed by atoms with Crippen LogP contribution in [0, 0.1) is 0 Å². The number of nitrogens with one attached hydrogen (secondary N) is 1. The van der Waals surface area contributed by atoms with Crippen molar-refractivity contribution in [3.05, 3.63) is 53.5 Å². The van der Waals surface area contributed by atoms with Crippen molar-refractivity contribution >= 4 is 43.2 Å². The summed E-state index contributed by atoms with van der Waals surface area (Å²) in [6.07, 6.45) is 3.67. The third-order valence-electron chi connectivity index (χ3n) is 5.36. The Hall–Kier alpha value is -2.29. The molecule has 1 amide bonds. The Morgan fingerprint density at radius 1 is 1.21 bits per heavy atom. The first-order valence-corrected chi connectivity index (χ1v) is 12.1. The number of rotatable bonds is 5. The van der Waals surface area contributed by atoms with E-state index in [0.717, 1.165) is 35.9 Å². The van der Waals surface area contributed by atoms with E-state index in [1.54, 1.807) is 33.3 Å². The Bertz CT molecular complexity index is 1120. The molecule has 6 nitrogen and oxygen atoms in total. The van der Waals surface area contributed by atoms with Gasteiger partial charge in [0, 0.05) is 23.8 Å². The van der Waals surface area contributed by atoms with Crippen LogP contribution in [0.15, 0.2) is 52.9 Å². The number of piperidine rings is 1. The first kappa shape index (κ1) is 20.0. The van der Waals surface area contributed by atoms with Crippen LogP contribution in [0.25, 0.3) is 10.2 Å². The predicted molar refractivity (Wildman–Crippen MR) is 116 cm³/mol. The molecule has 4 rings (SSSR count). The molecule has 1 N–H and O–H groups in total. The van der Waals surface area contributed by atoms with E-state index in [1.807, 2.05) is 25.1 Å². The lowest BCUT2D eigenvalue weighted by Crippen LogP contribution is -2.43. The summed E-state index contributed by atoms with van der Waals surface area (Å²) in [6.45, 7) is 2.58. The van der Waals surface area contributed by atoms with Gasteiger partial charge in [0.15, 0.2) is 0 Å². The van der Waals surface area contributed by atoms with Gasteiger partial charge in [0.05, 0.1) is 20.6 Å². The average molecular weight is 430 g/mol. The fourth-order valence-corrected chi connectivity index (χ4v) is 6.18. The van der Waals surface area contributed by atoms with Gasteiger partial charge in [0.25, 0.3) is 5.91 Å². The number of amides is 1. The molecule has 2 heterocycles. The SMILES string of the molecule is CCC1CCCCN1S(=O)(=O)c1ccc(C(=O)Nc2ccc3scnc3c2)cc1. The van der Waals surface area contributed by atoms with Crippen molar-refractivity contribution in [3.63, 3.8) is 0 Å². The Balaban J connectivity index is 1.51. The first-order chi connectivity index (χ1) is 14.0. The Kier molecular flexibility index (Phi) is 5.67. The van der Waals surface area contributed by atoms with Gasteiger partial charge in [-0.2, -0.15) is 4.31 Å². The van der Waals surface area contributed by atoms with Crippen molar-refractivity contribution < 1.29 is 13.2 Å². The highest BCUT2D eigenvalue weighted by atomic mass is 32.2. The molecule has 1 unspecified atom stereocenters. The number of benzene rings is 2. The van der Waals surface area contributed by atoms with Gasteiger partial charge < -0.3 is 5.32 Å². The number of anilines is 1. The fourth-order valence-electron chi connectivity index (χ4n) is 3.75. The number of fused-ring (bicyclic) bond motifs is 1. The van der Waals surface area contributed by atoms with Gasteiger partial charge in [0.2, 0.25) is 10.0 Å². The molecular weight excluding hydrogens is 406 g/mol. The predicted octanol–water partition coefficient (Wildman–Crippen LogP) is 4.50. The normalized spacial score (nSPS) is 18.0. The zero-order valence-corrected chi connectivity index (χ0v) is 17.8. The molecule has 8 heteroatoms. The van der Waals surface area contributed by atoms with E-state index in [9.17, 15) is 13.2 Å². The van der Waals surface area contributed by atoms with Crippen molar-refractivity contribution in [3.8, 4) is 0 Å². The summed E-state index contributed by atoms with van der Waals surface area (Å²) < 4.78 is 28.8. The summed E-state index contributed by atoms with van der Waals surface area (Å²) in [5.74, 6) is -0.284. The topological polar surface area (TPSA) is 79.4 Å². The summed E-state index contributed by atoms with van der Waals surface area (Å²) in [7, 11) is -3.55. The molecule has 1 aromatic heterocycles. The molecule has 1 aliphatic heterocycles. The molecule has 0 bridgehead atoms. The third kappa shape index (κ3) is 4.05. The van der Waals surface area contributed by atoms with Gasteiger partial charge in [-0.1, -0.05) is 13.3 Å². The number of nitrogens with zero attached hydrogens (tertiary/aromatic N) is 2. The summed E-state index contributed by atoms with van der Waals surface area (Å²) in [4.78, 5) is 17.0. The van der Waals surface area contributed by atoms with Gasteiger partial charge in [-0.25, -0.2) is 13.4 Å². The van der Waals surface area contributed by atoms with Gasteiger partial charge in [0.1, 0.15) is 0 Å². The van der Waals surface area contributed by atoms with Gasteiger partial charge in [-0.15, -0.1) is 11.3 Å². The molecular formula is C21H23N3O3S2. The maximum atomic E-state index is 13.0. The molecule has 1 saturated heterocycles. The lowest BCUT2D eigenvalue weighted by atomic mass is 10.0. The number of carbonyl (C=O) groups excluding carboxylic acids is 1. The van der Waals surface area contributed by atoms with Crippen LogP contribution in [-0.2, 0) is 10.0 Å². The molecule has 1 aliphatic rings. The maximum Gasteiger partial charge on any atom is 0.255 e. The minimum atomic E-state index is -3.55. The van der Waals surface area contributed by atoms with Gasteiger partial charge >= 0.3 is 0 Å². The number of carbonyl (C=O) groups is 1. The van der Waals surface area contributed by atoms with Crippen molar-refractivity contribution in [1.82, 2.24) is 9.29 Å². The summed E-state index contributed by atoms with van der Waals surface area (Å²) in [6, 6.07) is 11.8. The van der Waals surface area contributed by atoms with Crippen molar-refractivity contribution in [2.45, 2.75) is 43.5 Å². The maximum absolute atomic E-state index is 13.0. The first-order valence-electron chi connectivity index (χ1n) is 9.75. The molecule has 0 saturated carbocycles. The number of hydrogen-bond donors (Lipinski definition) is 1. The second-order valence-electron chi connectivity index (χ2n) is 7.19. The van der Waals surface area contributed by atoms with E-state index in [0.29, 0.717) is 17.8 Å². The highest BCUT2D eigenvalue weighted by Crippen LogP contribution is 2.27. The van der Waals surface area contributed by atoms with Crippen LogP contribution in [0.1, 0.15) is 43.0 Å². The van der Waals surface area contributed by atoms with Crippen molar-refractivity contribution in [2.75, 3.05) is 11.9 Å². The van der Waals surface area contributed by atoms with E-state index in [1.165, 1.54) is 12.1 Å². The molecule has 1 fully saturated rings. The zero-order chi connectivity index (χ0) is 20.4. The molecule has 152 valence electrons. The van der Waals surface area contributed by atoms with Gasteiger partial charge in [-0.3, -0.25) is 4.79 Å². The van der Waals surface area contributed by atoms with Crippen LogP contribution in [0.4, 0.5) is 5.69 Å². The molecule has 3 aromatic rings. The number of aromatic nitrogens is 1. The lowest BCUT2D eigenvalue weighted by Gasteiger charge is -2.34. The van der Waals surface area contributed by atoms with E-state index >= 15 is 0 Å². The average Bonchev–Trinajstić information content (AvgIpc) is 3.21. The zero-order valence-electron chi connectivity index (χ0n) is 16.2. The molecule has 0 radical (unpaired) electrons. The highest BCUT2D eigenvalue weighted by Gasteiger charge is 2.32. The largest absolute Gasteiger partial charge is 0.322 e. The fraction of sp³-hybridized carbons (Fsp3) is 0.333. The summed E-state index contributed by atoms with van der Waals surface area (Å²) >= 11 is 1.54. The van der Waals surface area contributed by atoms with Crippen molar-refractivity contribution in [2.24, 2.45) is 0 Å². The molecule has 0 spiro atoms. The molecule has 1 atom stereocenters. The summed E-state index contributed by atoms with van der Waals surface area (Å²) in [5, 5.41) is 2.84. The van der Waals surface area contributed by atoms with E-state index in [-0.39, 0.29) is 16.8 Å². The second-order valence-corrected chi connectivity index (χ2v) is 9.96. The monoisotopic (exact) mass is 429 g/mol. The van der Waals surface area contributed by atoms with Crippen LogP contribution in [0.5, 0.6) is 0 Å². The van der Waals surface area contributed by atoms with Crippen LogP contribution < -0.4 is 5.32 Å². The smallest absolute Gasteiger partial charge is 0.255 e. The molecule has 29 heavy (non-hydrogen) atoms. The van der Waals surface area contributed by atoms with E-state index in [2.05, 4.69) is 10.3 Å². The van der Waals surface area contributed by atoms with Crippen LogP contribution >= 0.6 is 11.3 Å². The summed E-state index contributed by atoms with van der Waals surface area (Å²) in [5.41, 5.74) is 3.67. The third-order valence-corrected chi connectivity index (χ3v) is 8.13. The lowest BCUT2D eigenvalue weighted by molar-refractivity contribution is 0.102. The molecule has 2 aromatic carbocycles. The van der Waals surface area contributed by atoms with Crippen LogP contribution in [-0.4, -0.2) is 36.2 Å².